The van der Waals surface area contributed by atoms with Gasteiger partial charge in [-0.2, -0.15) is 0 Å². The van der Waals surface area contributed by atoms with Crippen LogP contribution in [0.3, 0.4) is 0 Å². The van der Waals surface area contributed by atoms with Gasteiger partial charge in [0.2, 0.25) is 5.91 Å². The van der Waals surface area contributed by atoms with E-state index in [0.29, 0.717) is 19.2 Å². The molecule has 1 saturated heterocycles. The summed E-state index contributed by atoms with van der Waals surface area (Å²) in [5.41, 5.74) is -1.45. The van der Waals surface area contributed by atoms with Crippen LogP contribution in [0.5, 0.6) is 5.75 Å². The van der Waals surface area contributed by atoms with Crippen LogP contribution in [0.25, 0.3) is 0 Å². The third-order valence-electron chi connectivity index (χ3n) is 3.76. The van der Waals surface area contributed by atoms with Crippen LogP contribution in [0.2, 0.25) is 0 Å². The zero-order valence-electron chi connectivity index (χ0n) is 14.2. The normalized spacial score (nSPS) is 15.7. The lowest BCUT2D eigenvalue weighted by Gasteiger charge is -2.31. The van der Waals surface area contributed by atoms with E-state index in [1.165, 1.54) is 0 Å². The van der Waals surface area contributed by atoms with E-state index in [-0.39, 0.29) is 25.0 Å². The summed E-state index contributed by atoms with van der Waals surface area (Å²) in [7, 11) is 1.92. The molecule has 1 aromatic carbocycles. The minimum atomic E-state index is -5.13. The molecule has 1 aromatic rings. The van der Waals surface area contributed by atoms with Crippen LogP contribution in [0.1, 0.15) is 10.4 Å². The van der Waals surface area contributed by atoms with Gasteiger partial charge in [-0.15, -0.1) is 25.6 Å². The highest BCUT2D eigenvalue weighted by Gasteiger charge is 2.33. The number of hydrogen-bond donors (Lipinski definition) is 2. The maximum absolute atomic E-state index is 13.6. The Morgan fingerprint density at radius 1 is 1.22 bits per heavy atom. The van der Waals surface area contributed by atoms with Crippen molar-refractivity contribution in [3.63, 3.8) is 0 Å². The Morgan fingerprint density at radius 3 is 2.33 bits per heavy atom. The van der Waals surface area contributed by atoms with Gasteiger partial charge in [0.15, 0.2) is 5.75 Å². The highest BCUT2D eigenvalue weighted by Crippen LogP contribution is 2.33. The number of alkyl halides is 3. The Kier molecular flexibility index (Phi) is 7.81. The largest absolute Gasteiger partial charge is 0.573 e. The fraction of sp³-hybridized carbons (Fsp3) is 0.467. The quantitative estimate of drug-likeness (QED) is 0.716. The summed E-state index contributed by atoms with van der Waals surface area (Å²) in [6.45, 7) is 2.56. The molecular weight excluding hydrogens is 398 g/mol. The molecule has 1 amide bonds. The lowest BCUT2D eigenvalue weighted by atomic mass is 10.1. The van der Waals surface area contributed by atoms with Crippen molar-refractivity contribution in [3.05, 3.63) is 23.5 Å². The number of ether oxygens (including phenoxy) is 1. The predicted molar refractivity (Wildman–Crippen MR) is 89.9 cm³/mol. The van der Waals surface area contributed by atoms with Gasteiger partial charge in [-0.05, 0) is 13.1 Å². The number of piperazine rings is 1. The summed E-state index contributed by atoms with van der Waals surface area (Å²) >= 11 is 0. The average Bonchev–Trinajstić information content (AvgIpc) is 2.50. The van der Waals surface area contributed by atoms with Crippen LogP contribution < -0.4 is 10.1 Å². The van der Waals surface area contributed by atoms with Gasteiger partial charge in [-0.25, -0.2) is 9.18 Å². The molecule has 1 heterocycles. The minimum Gasteiger partial charge on any atom is -0.478 e. The van der Waals surface area contributed by atoms with Crippen molar-refractivity contribution in [1.82, 2.24) is 9.80 Å². The van der Waals surface area contributed by atoms with Gasteiger partial charge in [0.1, 0.15) is 5.82 Å². The molecule has 0 atom stereocenters. The lowest BCUT2D eigenvalue weighted by molar-refractivity contribution is -0.274. The van der Waals surface area contributed by atoms with Crippen molar-refractivity contribution in [3.8, 4) is 5.75 Å². The van der Waals surface area contributed by atoms with E-state index in [0.717, 1.165) is 13.1 Å². The van der Waals surface area contributed by atoms with E-state index in [1.807, 2.05) is 7.05 Å². The number of carbonyl (C=O) groups is 2. The summed E-state index contributed by atoms with van der Waals surface area (Å²) in [6, 6.07) is 0.878. The third-order valence-corrected chi connectivity index (χ3v) is 3.76. The van der Waals surface area contributed by atoms with Crippen molar-refractivity contribution < 1.29 is 37.0 Å². The number of carbonyl (C=O) groups excluding carboxylic acids is 1. The van der Waals surface area contributed by atoms with E-state index in [9.17, 15) is 27.2 Å². The molecule has 0 aliphatic carbocycles. The van der Waals surface area contributed by atoms with Crippen molar-refractivity contribution in [2.75, 3.05) is 45.1 Å². The first kappa shape index (κ1) is 22.9. The number of anilines is 1. The van der Waals surface area contributed by atoms with Crippen LogP contribution in [0, 0.1) is 5.82 Å². The number of benzene rings is 1. The maximum atomic E-state index is 13.6. The molecule has 1 fully saturated rings. The molecule has 27 heavy (non-hydrogen) atoms. The predicted octanol–water partition coefficient (Wildman–Crippen LogP) is 2.03. The molecule has 1 aliphatic heterocycles. The van der Waals surface area contributed by atoms with Crippen LogP contribution >= 0.6 is 12.4 Å². The molecule has 0 bridgehead atoms. The number of nitrogens with zero attached hydrogens (tertiary/aromatic N) is 2. The van der Waals surface area contributed by atoms with Gasteiger partial charge in [-0.3, -0.25) is 9.69 Å². The van der Waals surface area contributed by atoms with E-state index in [1.54, 1.807) is 4.90 Å². The summed E-state index contributed by atoms with van der Waals surface area (Å²) in [5, 5.41) is 11.1. The van der Waals surface area contributed by atoms with Crippen molar-refractivity contribution >= 4 is 30.0 Å². The molecule has 12 heteroatoms. The molecule has 1 aliphatic rings. The fourth-order valence-electron chi connectivity index (χ4n) is 2.42. The van der Waals surface area contributed by atoms with Gasteiger partial charge in [-0.1, -0.05) is 0 Å². The zero-order valence-corrected chi connectivity index (χ0v) is 15.0. The number of carboxylic acids is 1. The van der Waals surface area contributed by atoms with E-state index in [2.05, 4.69) is 15.0 Å². The van der Waals surface area contributed by atoms with Gasteiger partial charge in [0, 0.05) is 32.2 Å². The van der Waals surface area contributed by atoms with Crippen LogP contribution in [-0.2, 0) is 4.79 Å². The second-order valence-electron chi connectivity index (χ2n) is 5.81. The minimum absolute atomic E-state index is 0. The van der Waals surface area contributed by atoms with Gasteiger partial charge >= 0.3 is 12.3 Å². The van der Waals surface area contributed by atoms with Crippen LogP contribution in [-0.4, -0.2) is 72.9 Å². The molecule has 2 N–H and O–H groups in total. The van der Waals surface area contributed by atoms with Crippen molar-refractivity contribution in [2.24, 2.45) is 0 Å². The highest BCUT2D eigenvalue weighted by molar-refractivity contribution is 5.96. The van der Waals surface area contributed by atoms with E-state index < -0.39 is 41.1 Å². The fourth-order valence-corrected chi connectivity index (χ4v) is 2.42. The Morgan fingerprint density at radius 2 is 1.81 bits per heavy atom. The van der Waals surface area contributed by atoms with E-state index in [4.69, 9.17) is 5.11 Å². The Labute approximate surface area is 158 Å². The second kappa shape index (κ2) is 9.20. The summed E-state index contributed by atoms with van der Waals surface area (Å²) in [4.78, 5) is 26.9. The first-order valence-electron chi connectivity index (χ1n) is 7.58. The topological polar surface area (TPSA) is 82.1 Å². The molecule has 0 spiro atoms. The van der Waals surface area contributed by atoms with Gasteiger partial charge in [0.25, 0.3) is 0 Å². The number of aromatic carboxylic acids is 1. The molecule has 2 rings (SSSR count). The maximum Gasteiger partial charge on any atom is 0.573 e. The standard InChI is InChI=1S/C15H17F4N3O4.ClH/c1-21-2-4-22(5-3-21)8-13(23)20-11-6-9(14(24)25)10(16)7-12(11)26-15(17,18)19;/h6-7H,2-5,8H2,1H3,(H,20,23)(H,24,25);1H. The number of nitrogens with one attached hydrogen (secondary N) is 1. The Bertz CT molecular complexity index is 694. The Balaban J connectivity index is 0.00000364. The van der Waals surface area contributed by atoms with Crippen LogP contribution in [0.15, 0.2) is 12.1 Å². The molecule has 0 unspecified atom stereocenters. The van der Waals surface area contributed by atoms with Crippen molar-refractivity contribution in [1.29, 1.82) is 0 Å². The monoisotopic (exact) mass is 415 g/mol. The smallest absolute Gasteiger partial charge is 0.478 e. The van der Waals surface area contributed by atoms with E-state index >= 15 is 0 Å². The van der Waals surface area contributed by atoms with Gasteiger partial charge in [0.05, 0.1) is 17.8 Å². The zero-order chi connectivity index (χ0) is 19.5. The average molecular weight is 416 g/mol. The lowest BCUT2D eigenvalue weighted by Crippen LogP contribution is -2.47. The number of hydrogen-bond acceptors (Lipinski definition) is 5. The molecule has 7 nitrogen and oxygen atoms in total. The molecule has 0 aromatic heterocycles. The summed E-state index contributed by atoms with van der Waals surface area (Å²) in [6.07, 6.45) is -5.13. The Hall–Kier alpha value is -2.11. The SMILES string of the molecule is CN1CCN(CC(=O)Nc2cc(C(=O)O)c(F)cc2OC(F)(F)F)CC1.Cl. The molecule has 152 valence electrons. The number of amides is 1. The van der Waals surface area contributed by atoms with Gasteiger partial charge < -0.3 is 20.1 Å². The number of likely N-dealkylation sites (N-methyl/N-ethyl adjacent to an activating group) is 1. The molecular formula is C15H18ClF4N3O4. The number of carboxylic acid groups (broad SMARTS) is 1. The van der Waals surface area contributed by atoms with Crippen LogP contribution in [0.4, 0.5) is 23.2 Å². The highest BCUT2D eigenvalue weighted by atomic mass is 35.5. The molecule has 0 saturated carbocycles. The second-order valence-corrected chi connectivity index (χ2v) is 5.81. The number of rotatable bonds is 5. The molecule has 0 radical (unpaired) electrons. The first-order valence-corrected chi connectivity index (χ1v) is 7.58. The number of halogens is 5. The first-order chi connectivity index (χ1) is 12.0. The summed E-state index contributed by atoms with van der Waals surface area (Å²) < 4.78 is 54.8. The van der Waals surface area contributed by atoms with Crippen molar-refractivity contribution in [2.45, 2.75) is 6.36 Å². The third kappa shape index (κ3) is 6.85. The summed E-state index contributed by atoms with van der Waals surface area (Å²) in [5.74, 6) is -4.78.